The molecule has 2 amide bonds. The smallest absolute Gasteiger partial charge is 0.271 e. The second-order valence-electron chi connectivity index (χ2n) is 13.3. The second-order valence-corrected chi connectivity index (χ2v) is 13.3. The molecule has 4 aliphatic rings. The number of nitro groups is 1. The van der Waals surface area contributed by atoms with Crippen LogP contribution >= 0.6 is 0 Å². The van der Waals surface area contributed by atoms with Gasteiger partial charge in [0.25, 0.3) is 5.69 Å². The number of ketones is 2. The van der Waals surface area contributed by atoms with E-state index in [1.807, 2.05) is 0 Å². The first-order valence-corrected chi connectivity index (χ1v) is 16.4. The number of aromatic hydroxyl groups is 1. The summed E-state index contributed by atoms with van der Waals surface area (Å²) >= 11 is 0. The van der Waals surface area contributed by atoms with Gasteiger partial charge in [-0.2, -0.15) is 0 Å². The largest absolute Gasteiger partial charge is 0.505 e. The topological polar surface area (TPSA) is 135 Å². The van der Waals surface area contributed by atoms with Crippen molar-refractivity contribution in [3.63, 3.8) is 0 Å². The van der Waals surface area contributed by atoms with Crippen molar-refractivity contribution in [3.8, 4) is 5.75 Å². The van der Waals surface area contributed by atoms with E-state index in [1.54, 1.807) is 66.7 Å². The number of hydrogen-bond acceptors (Lipinski definition) is 7. The minimum atomic E-state index is -1.62. The summed E-state index contributed by atoms with van der Waals surface area (Å²) in [6, 6.07) is 27.0. The summed E-state index contributed by atoms with van der Waals surface area (Å²) in [5, 5.41) is 22.9. The molecule has 1 saturated carbocycles. The molecule has 0 bridgehead atoms. The van der Waals surface area contributed by atoms with Crippen LogP contribution in [0.1, 0.15) is 35.4 Å². The third-order valence-corrected chi connectivity index (χ3v) is 11.0. The summed E-state index contributed by atoms with van der Waals surface area (Å²) in [5.74, 6) is -8.10. The fraction of sp³-hybridized carbons (Fsp3) is 0.200. The van der Waals surface area contributed by atoms with Crippen molar-refractivity contribution in [2.75, 3.05) is 4.90 Å². The zero-order valence-corrected chi connectivity index (χ0v) is 26.4. The van der Waals surface area contributed by atoms with Gasteiger partial charge < -0.3 is 5.11 Å². The van der Waals surface area contributed by atoms with Gasteiger partial charge in [-0.1, -0.05) is 90.5 Å². The number of para-hydroxylation sites is 1. The lowest BCUT2D eigenvalue weighted by Gasteiger charge is -2.55. The number of carbonyl (C=O) groups is 4. The van der Waals surface area contributed by atoms with Crippen molar-refractivity contribution < 1.29 is 33.6 Å². The summed E-state index contributed by atoms with van der Waals surface area (Å²) in [6.07, 6.45) is 3.27. The lowest BCUT2D eigenvalue weighted by Crippen LogP contribution is -2.58. The van der Waals surface area contributed by atoms with Crippen LogP contribution in [0.3, 0.4) is 0 Å². The number of anilines is 1. The molecule has 0 aromatic heterocycles. The van der Waals surface area contributed by atoms with E-state index < -0.39 is 69.1 Å². The maximum atomic E-state index is 15.2. The van der Waals surface area contributed by atoms with E-state index in [2.05, 4.69) is 0 Å². The summed E-state index contributed by atoms with van der Waals surface area (Å²) < 4.78 is 15.2. The van der Waals surface area contributed by atoms with Crippen LogP contribution in [-0.4, -0.2) is 33.4 Å². The van der Waals surface area contributed by atoms with Crippen molar-refractivity contribution in [1.29, 1.82) is 0 Å². The van der Waals surface area contributed by atoms with Crippen LogP contribution in [0.2, 0.25) is 0 Å². The molecule has 8 rings (SSSR count). The standard InChI is InChI=1S/C40H29FN2O7/c41-32-16-8-15-28(37(32)46)35-26-17-18-27-34(39(48)42(38(27)47)24-13-7-14-25(19-24)43(49)50)30(26)20-31-36(45)29(22-9-3-1-4-10-22)21-33(44)40(31,35)23-11-5-2-6-12-23/h1-17,19,21,27,30-31,34-35,46H,18,20H2. The summed E-state index contributed by atoms with van der Waals surface area (Å²) in [6.45, 7) is 0. The van der Waals surface area contributed by atoms with Crippen LogP contribution in [0.5, 0.6) is 5.75 Å². The Bertz CT molecular complexity index is 2200. The van der Waals surface area contributed by atoms with Crippen molar-refractivity contribution in [2.45, 2.75) is 24.2 Å². The van der Waals surface area contributed by atoms with Crippen molar-refractivity contribution in [2.24, 2.45) is 23.7 Å². The average molecular weight is 669 g/mol. The molecule has 6 atom stereocenters. The summed E-state index contributed by atoms with van der Waals surface area (Å²) in [5.41, 5.74) is 0.0833. The lowest BCUT2D eigenvalue weighted by molar-refractivity contribution is -0.384. The van der Waals surface area contributed by atoms with Gasteiger partial charge in [0.2, 0.25) is 11.8 Å². The SMILES string of the molecule is O=C1C(c2ccccc2)=CC(=O)C2(c3ccccc3)C1CC1C(=CCC3C(=O)N(c4cccc([N+](=O)[O-])c4)C(=O)C31)C2c1cccc(F)c1O. The molecule has 1 aliphatic heterocycles. The molecule has 3 aliphatic carbocycles. The third kappa shape index (κ3) is 4.37. The number of phenolic OH excluding ortho intramolecular Hbond substituents is 1. The zero-order chi connectivity index (χ0) is 34.9. The van der Waals surface area contributed by atoms with Gasteiger partial charge in [0.15, 0.2) is 23.1 Å². The monoisotopic (exact) mass is 668 g/mol. The number of benzene rings is 4. The van der Waals surface area contributed by atoms with Crippen LogP contribution in [-0.2, 0) is 24.6 Å². The van der Waals surface area contributed by atoms with Crippen LogP contribution in [0.4, 0.5) is 15.8 Å². The normalized spacial score (nSPS) is 27.2. The van der Waals surface area contributed by atoms with Gasteiger partial charge in [0.05, 0.1) is 27.9 Å². The molecule has 248 valence electrons. The number of fused-ring (bicyclic) bond motifs is 4. The first kappa shape index (κ1) is 31.3. The number of nitrogens with zero attached hydrogens (tertiary/aromatic N) is 2. The number of hydrogen-bond donors (Lipinski definition) is 1. The quantitative estimate of drug-likeness (QED) is 0.112. The Morgan fingerprint density at radius 1 is 0.840 bits per heavy atom. The molecule has 1 saturated heterocycles. The first-order chi connectivity index (χ1) is 24.1. The van der Waals surface area contributed by atoms with Crippen molar-refractivity contribution in [3.05, 3.63) is 153 Å². The Hall–Kier alpha value is -6.03. The van der Waals surface area contributed by atoms with E-state index in [-0.39, 0.29) is 41.1 Å². The number of non-ortho nitro benzene ring substituents is 1. The number of imide groups is 1. The van der Waals surface area contributed by atoms with Crippen LogP contribution in [0.25, 0.3) is 5.57 Å². The number of amides is 2. The molecule has 1 N–H and O–H groups in total. The van der Waals surface area contributed by atoms with Crippen LogP contribution in [0, 0.1) is 39.6 Å². The summed E-state index contributed by atoms with van der Waals surface area (Å²) in [4.78, 5) is 70.2. The summed E-state index contributed by atoms with van der Waals surface area (Å²) in [7, 11) is 0. The number of Topliss-reactive ketones (excluding diaryl/α,β-unsaturated/α-hetero) is 1. The zero-order valence-electron chi connectivity index (χ0n) is 26.4. The molecule has 50 heavy (non-hydrogen) atoms. The average Bonchev–Trinajstić information content (AvgIpc) is 3.39. The second kappa shape index (κ2) is 11.5. The third-order valence-electron chi connectivity index (χ3n) is 11.0. The van der Waals surface area contributed by atoms with Gasteiger partial charge in [-0.3, -0.25) is 29.3 Å². The number of halogens is 1. The number of allylic oxidation sites excluding steroid dienone is 4. The number of nitro benzene ring substituents is 1. The Kier molecular flexibility index (Phi) is 7.22. The Labute approximate surface area is 285 Å². The van der Waals surface area contributed by atoms with Gasteiger partial charge >= 0.3 is 0 Å². The maximum Gasteiger partial charge on any atom is 0.271 e. The molecular weight excluding hydrogens is 639 g/mol. The van der Waals surface area contributed by atoms with Crippen LogP contribution in [0.15, 0.2) is 121 Å². The Morgan fingerprint density at radius 2 is 1.54 bits per heavy atom. The van der Waals surface area contributed by atoms with Gasteiger partial charge in [0.1, 0.15) is 0 Å². The molecule has 1 heterocycles. The maximum absolute atomic E-state index is 15.2. The molecule has 2 fully saturated rings. The van der Waals surface area contributed by atoms with Gasteiger partial charge in [-0.15, -0.1) is 0 Å². The van der Waals surface area contributed by atoms with Gasteiger partial charge in [-0.25, -0.2) is 9.29 Å². The Balaban J connectivity index is 1.36. The fourth-order valence-corrected chi connectivity index (χ4v) is 8.98. The number of carbonyl (C=O) groups excluding carboxylic acids is 4. The van der Waals surface area contributed by atoms with E-state index in [4.69, 9.17) is 0 Å². The molecule has 9 nitrogen and oxygen atoms in total. The predicted molar refractivity (Wildman–Crippen MR) is 180 cm³/mol. The predicted octanol–water partition coefficient (Wildman–Crippen LogP) is 6.47. The van der Waals surface area contributed by atoms with Crippen molar-refractivity contribution in [1.82, 2.24) is 0 Å². The molecule has 0 spiro atoms. The number of phenols is 1. The molecule has 0 radical (unpaired) electrons. The molecule has 6 unspecified atom stereocenters. The van der Waals surface area contributed by atoms with E-state index in [0.29, 0.717) is 16.7 Å². The van der Waals surface area contributed by atoms with E-state index >= 15 is 4.39 Å². The molecule has 10 heteroatoms. The minimum absolute atomic E-state index is 0.0189. The Morgan fingerprint density at radius 3 is 2.26 bits per heavy atom. The van der Waals surface area contributed by atoms with Crippen LogP contribution < -0.4 is 4.90 Å². The highest BCUT2D eigenvalue weighted by molar-refractivity contribution is 6.32. The van der Waals surface area contributed by atoms with E-state index in [1.165, 1.54) is 42.5 Å². The van der Waals surface area contributed by atoms with Crippen molar-refractivity contribution >= 4 is 40.3 Å². The van der Waals surface area contributed by atoms with Gasteiger partial charge in [-0.05, 0) is 48.1 Å². The fourth-order valence-electron chi connectivity index (χ4n) is 8.98. The lowest BCUT2D eigenvalue weighted by atomic mass is 9.44. The highest BCUT2D eigenvalue weighted by Gasteiger charge is 2.66. The molecule has 4 aromatic carbocycles. The highest BCUT2D eigenvalue weighted by Crippen LogP contribution is 2.64. The molecule has 4 aromatic rings. The van der Waals surface area contributed by atoms with E-state index in [0.717, 1.165) is 11.0 Å². The van der Waals surface area contributed by atoms with Gasteiger partial charge in [0, 0.05) is 35.1 Å². The minimum Gasteiger partial charge on any atom is -0.505 e. The van der Waals surface area contributed by atoms with E-state index in [9.17, 15) is 34.4 Å². The first-order valence-electron chi connectivity index (χ1n) is 16.4. The number of rotatable bonds is 5. The molecular formula is C40H29FN2O7. The highest BCUT2D eigenvalue weighted by atomic mass is 19.1.